The summed E-state index contributed by atoms with van der Waals surface area (Å²) in [6.45, 7) is 1.92. The zero-order valence-corrected chi connectivity index (χ0v) is 8.27. The van der Waals surface area contributed by atoms with Crippen LogP contribution in [0.25, 0.3) is 0 Å². The molecule has 0 aliphatic rings. The summed E-state index contributed by atoms with van der Waals surface area (Å²) < 4.78 is 1.58. The molecule has 0 aliphatic carbocycles. The summed E-state index contributed by atoms with van der Waals surface area (Å²) in [4.78, 5) is 10.4. The predicted octanol–water partition coefficient (Wildman–Crippen LogP) is 0.491. The maximum atomic E-state index is 10.4. The summed E-state index contributed by atoms with van der Waals surface area (Å²) in [6.07, 6.45) is 1.11. The maximum Gasteiger partial charge on any atom is 0.306 e. The van der Waals surface area contributed by atoms with Crippen molar-refractivity contribution in [2.45, 2.75) is 25.9 Å². The molecule has 0 fully saturated rings. The Hall–Kier alpha value is -1.36. The van der Waals surface area contributed by atoms with Crippen LogP contribution in [0.15, 0.2) is 6.20 Å². The van der Waals surface area contributed by atoms with Crippen LogP contribution < -0.4 is 0 Å². The van der Waals surface area contributed by atoms with Crippen LogP contribution in [-0.2, 0) is 18.3 Å². The summed E-state index contributed by atoms with van der Waals surface area (Å²) in [5.74, 6) is -1.01. The van der Waals surface area contributed by atoms with Crippen molar-refractivity contribution in [2.24, 2.45) is 7.05 Å². The number of aliphatic carboxylic acids is 1. The second kappa shape index (κ2) is 4.23. The highest BCUT2D eigenvalue weighted by molar-refractivity contribution is 5.67. The number of aromatic nitrogens is 2. The van der Waals surface area contributed by atoms with Gasteiger partial charge in [0.15, 0.2) is 0 Å². The fourth-order valence-corrected chi connectivity index (χ4v) is 1.38. The summed E-state index contributed by atoms with van der Waals surface area (Å²) in [5, 5.41) is 22.2. The predicted molar refractivity (Wildman–Crippen MR) is 49.8 cm³/mol. The maximum absolute atomic E-state index is 10.4. The number of hydrogen-bond donors (Lipinski definition) is 2. The Labute approximate surface area is 82.0 Å². The van der Waals surface area contributed by atoms with Crippen LogP contribution in [0, 0.1) is 0 Å². The number of aliphatic hydroxyl groups is 1. The molecule has 0 radical (unpaired) electrons. The number of carboxylic acid groups (broad SMARTS) is 1. The highest BCUT2D eigenvalue weighted by Crippen LogP contribution is 2.20. The molecule has 0 amide bonds. The molecule has 0 aromatic carbocycles. The molecule has 5 heteroatoms. The van der Waals surface area contributed by atoms with Crippen molar-refractivity contribution in [2.75, 3.05) is 0 Å². The van der Waals surface area contributed by atoms with Crippen LogP contribution >= 0.6 is 0 Å². The second-order valence-electron chi connectivity index (χ2n) is 3.17. The quantitative estimate of drug-likeness (QED) is 0.738. The third-order valence-corrected chi connectivity index (χ3v) is 2.00. The zero-order chi connectivity index (χ0) is 10.7. The molecule has 1 unspecified atom stereocenters. The van der Waals surface area contributed by atoms with Crippen molar-refractivity contribution in [3.63, 3.8) is 0 Å². The van der Waals surface area contributed by atoms with E-state index < -0.39 is 12.1 Å². The monoisotopic (exact) mass is 198 g/mol. The lowest BCUT2D eigenvalue weighted by atomic mass is 10.1. The van der Waals surface area contributed by atoms with Crippen LogP contribution in [0.4, 0.5) is 0 Å². The first-order valence-electron chi connectivity index (χ1n) is 4.46. The lowest BCUT2D eigenvalue weighted by Crippen LogP contribution is -2.06. The molecular weight excluding hydrogens is 184 g/mol. The molecule has 0 saturated carbocycles. The van der Waals surface area contributed by atoms with Gasteiger partial charge in [-0.2, -0.15) is 5.10 Å². The van der Waals surface area contributed by atoms with E-state index >= 15 is 0 Å². The largest absolute Gasteiger partial charge is 0.481 e. The van der Waals surface area contributed by atoms with E-state index in [1.165, 1.54) is 0 Å². The Morgan fingerprint density at radius 1 is 1.71 bits per heavy atom. The van der Waals surface area contributed by atoms with Gasteiger partial charge in [-0.15, -0.1) is 0 Å². The van der Waals surface area contributed by atoms with Crippen LogP contribution in [0.2, 0.25) is 0 Å². The van der Waals surface area contributed by atoms with Gasteiger partial charge in [-0.3, -0.25) is 9.48 Å². The molecule has 2 N–H and O–H groups in total. The van der Waals surface area contributed by atoms with Gasteiger partial charge >= 0.3 is 5.97 Å². The van der Waals surface area contributed by atoms with Gasteiger partial charge in [-0.05, 0) is 6.42 Å². The minimum absolute atomic E-state index is 0.279. The Balaban J connectivity index is 2.87. The molecule has 1 rings (SSSR count). The number of carboxylic acids is 1. The molecule has 0 aliphatic heterocycles. The number of nitrogens with zero attached hydrogens (tertiary/aromatic N) is 2. The minimum Gasteiger partial charge on any atom is -0.481 e. The van der Waals surface area contributed by atoms with Crippen molar-refractivity contribution >= 4 is 5.97 Å². The van der Waals surface area contributed by atoms with E-state index in [1.54, 1.807) is 17.9 Å². The Morgan fingerprint density at radius 2 is 2.36 bits per heavy atom. The second-order valence-corrected chi connectivity index (χ2v) is 3.17. The Kier molecular flexibility index (Phi) is 3.24. The van der Waals surface area contributed by atoms with Gasteiger partial charge in [0.2, 0.25) is 0 Å². The third kappa shape index (κ3) is 2.32. The summed E-state index contributed by atoms with van der Waals surface area (Å²) in [6, 6.07) is 0. The van der Waals surface area contributed by atoms with Gasteiger partial charge in [-0.25, -0.2) is 0 Å². The number of rotatable bonds is 4. The van der Waals surface area contributed by atoms with Gasteiger partial charge in [0.1, 0.15) is 0 Å². The topological polar surface area (TPSA) is 75.3 Å². The molecule has 14 heavy (non-hydrogen) atoms. The molecule has 1 atom stereocenters. The third-order valence-electron chi connectivity index (χ3n) is 2.00. The van der Waals surface area contributed by atoms with Crippen molar-refractivity contribution in [1.82, 2.24) is 9.78 Å². The first kappa shape index (κ1) is 10.7. The van der Waals surface area contributed by atoms with E-state index in [4.69, 9.17) is 5.11 Å². The van der Waals surface area contributed by atoms with Crippen molar-refractivity contribution in [3.05, 3.63) is 17.5 Å². The van der Waals surface area contributed by atoms with Gasteiger partial charge < -0.3 is 10.2 Å². The van der Waals surface area contributed by atoms with E-state index in [-0.39, 0.29) is 6.42 Å². The molecule has 0 saturated heterocycles. The van der Waals surface area contributed by atoms with Gasteiger partial charge in [0.05, 0.1) is 18.2 Å². The number of hydrogen-bond acceptors (Lipinski definition) is 3. The van der Waals surface area contributed by atoms with Crippen molar-refractivity contribution in [1.29, 1.82) is 0 Å². The van der Waals surface area contributed by atoms with Crippen molar-refractivity contribution < 1.29 is 15.0 Å². The highest BCUT2D eigenvalue weighted by atomic mass is 16.4. The number of aliphatic hydroxyl groups excluding tert-OH is 1. The number of carbonyl (C=O) groups is 1. The fourth-order valence-electron chi connectivity index (χ4n) is 1.38. The molecule has 78 valence electrons. The van der Waals surface area contributed by atoms with Gasteiger partial charge in [-0.1, -0.05) is 6.92 Å². The highest BCUT2D eigenvalue weighted by Gasteiger charge is 2.17. The lowest BCUT2D eigenvalue weighted by molar-refractivity contribution is -0.139. The van der Waals surface area contributed by atoms with E-state index in [2.05, 4.69) is 5.10 Å². The molecule has 1 heterocycles. The van der Waals surface area contributed by atoms with Crippen LogP contribution in [0.1, 0.15) is 30.7 Å². The van der Waals surface area contributed by atoms with E-state index in [0.29, 0.717) is 12.0 Å². The number of aryl methyl sites for hydroxylation is 2. The van der Waals surface area contributed by atoms with E-state index in [1.807, 2.05) is 6.92 Å². The average Bonchev–Trinajstić information content (AvgIpc) is 2.45. The molecule has 1 aromatic rings. The normalized spacial score (nSPS) is 12.8. The smallest absolute Gasteiger partial charge is 0.306 e. The first-order chi connectivity index (χ1) is 6.54. The van der Waals surface area contributed by atoms with E-state index in [9.17, 15) is 9.90 Å². The zero-order valence-electron chi connectivity index (χ0n) is 8.27. The van der Waals surface area contributed by atoms with Gasteiger partial charge in [0.25, 0.3) is 0 Å². The Morgan fingerprint density at radius 3 is 2.86 bits per heavy atom. The standard InChI is InChI=1S/C9H14N2O3/c1-3-7-6(5-11(2)10-7)8(12)4-9(13)14/h5,8,12H,3-4H2,1-2H3,(H,13,14). The fraction of sp³-hybridized carbons (Fsp3) is 0.556. The first-order valence-corrected chi connectivity index (χ1v) is 4.46. The SMILES string of the molecule is CCc1nn(C)cc1C(O)CC(=O)O. The Bertz CT molecular complexity index is 333. The minimum atomic E-state index is -1.01. The molecule has 0 bridgehead atoms. The van der Waals surface area contributed by atoms with Gasteiger partial charge in [0, 0.05) is 18.8 Å². The van der Waals surface area contributed by atoms with E-state index in [0.717, 1.165) is 5.69 Å². The molecule has 0 spiro atoms. The summed E-state index contributed by atoms with van der Waals surface area (Å²) in [5.41, 5.74) is 1.36. The molecular formula is C9H14N2O3. The summed E-state index contributed by atoms with van der Waals surface area (Å²) in [7, 11) is 1.75. The molecule has 5 nitrogen and oxygen atoms in total. The average molecular weight is 198 g/mol. The van der Waals surface area contributed by atoms with Crippen molar-refractivity contribution in [3.8, 4) is 0 Å². The summed E-state index contributed by atoms with van der Waals surface area (Å²) >= 11 is 0. The molecule has 1 aromatic heterocycles. The van der Waals surface area contributed by atoms with Crippen LogP contribution in [0.5, 0.6) is 0 Å². The van der Waals surface area contributed by atoms with Crippen LogP contribution in [-0.4, -0.2) is 26.0 Å². The van der Waals surface area contributed by atoms with Crippen LogP contribution in [0.3, 0.4) is 0 Å². The lowest BCUT2D eigenvalue weighted by Gasteiger charge is -2.06.